The van der Waals surface area contributed by atoms with E-state index in [9.17, 15) is 4.79 Å². The van der Waals surface area contributed by atoms with Gasteiger partial charge in [0.05, 0.1) is 0 Å². The number of aromatic nitrogens is 2. The van der Waals surface area contributed by atoms with Gasteiger partial charge in [0.1, 0.15) is 21.8 Å². The number of hydrogen-bond donors (Lipinski definition) is 0. The molecule has 0 spiro atoms. The predicted molar refractivity (Wildman–Crippen MR) is 81.8 cm³/mol. The van der Waals surface area contributed by atoms with Crippen LogP contribution in [0, 0.1) is 13.8 Å². The zero-order chi connectivity index (χ0) is 15.0. The first kappa shape index (κ1) is 13.8. The van der Waals surface area contributed by atoms with Crippen LogP contribution >= 0.6 is 15.9 Å². The van der Waals surface area contributed by atoms with E-state index in [0.29, 0.717) is 27.6 Å². The molecule has 0 atom stereocenters. The number of nitrogens with zero attached hydrogens (tertiary/aromatic N) is 2. The highest BCUT2D eigenvalue weighted by molar-refractivity contribution is 9.10. The maximum absolute atomic E-state index is 11.4. The molecule has 106 valence electrons. The predicted octanol–water partition coefficient (Wildman–Crippen LogP) is 3.75. The quantitative estimate of drug-likeness (QED) is 0.522. The molecule has 0 aliphatic rings. The second kappa shape index (κ2) is 5.29. The highest BCUT2D eigenvalue weighted by Gasteiger charge is 2.07. The largest absolute Gasteiger partial charge is 0.439 e. The minimum absolute atomic E-state index is 0.377. The molecule has 2 aromatic heterocycles. The van der Waals surface area contributed by atoms with Crippen molar-refractivity contribution < 1.29 is 9.15 Å². The van der Waals surface area contributed by atoms with E-state index in [2.05, 4.69) is 25.9 Å². The third-order valence-electron chi connectivity index (χ3n) is 2.93. The van der Waals surface area contributed by atoms with Crippen molar-refractivity contribution in [1.29, 1.82) is 0 Å². The lowest BCUT2D eigenvalue weighted by molar-refractivity contribution is 0.457. The highest BCUT2D eigenvalue weighted by atomic mass is 79.9. The van der Waals surface area contributed by atoms with Gasteiger partial charge in [0.2, 0.25) is 5.88 Å². The fourth-order valence-electron chi connectivity index (χ4n) is 2.05. The Labute approximate surface area is 128 Å². The lowest BCUT2D eigenvalue weighted by Crippen LogP contribution is -1.98. The van der Waals surface area contributed by atoms with Gasteiger partial charge in [-0.3, -0.25) is 0 Å². The SMILES string of the molecule is Cc1nc(Br)cc(Oc2ccc3c(C)cc(=O)oc3c2)n1. The van der Waals surface area contributed by atoms with E-state index in [4.69, 9.17) is 9.15 Å². The molecule has 3 rings (SSSR count). The van der Waals surface area contributed by atoms with Crippen LogP contribution in [0.4, 0.5) is 0 Å². The van der Waals surface area contributed by atoms with E-state index in [0.717, 1.165) is 10.9 Å². The van der Waals surface area contributed by atoms with Gasteiger partial charge in [-0.15, -0.1) is 0 Å². The molecule has 0 aliphatic carbocycles. The van der Waals surface area contributed by atoms with Gasteiger partial charge in [-0.05, 0) is 47.5 Å². The summed E-state index contributed by atoms with van der Waals surface area (Å²) in [5.74, 6) is 1.56. The van der Waals surface area contributed by atoms with Crippen LogP contribution in [0.25, 0.3) is 11.0 Å². The summed E-state index contributed by atoms with van der Waals surface area (Å²) in [7, 11) is 0. The zero-order valence-corrected chi connectivity index (χ0v) is 13.0. The summed E-state index contributed by atoms with van der Waals surface area (Å²) in [5.41, 5.74) is 0.980. The number of rotatable bonds is 2. The molecule has 0 N–H and O–H groups in total. The van der Waals surface area contributed by atoms with Gasteiger partial charge in [0.25, 0.3) is 0 Å². The van der Waals surface area contributed by atoms with Gasteiger partial charge >= 0.3 is 5.63 Å². The van der Waals surface area contributed by atoms with Crippen molar-refractivity contribution in [2.75, 3.05) is 0 Å². The van der Waals surface area contributed by atoms with Gasteiger partial charge in [0.15, 0.2) is 0 Å². The Morgan fingerprint density at radius 3 is 2.71 bits per heavy atom. The second-order valence-corrected chi connectivity index (χ2v) is 5.40. The van der Waals surface area contributed by atoms with Crippen LogP contribution in [-0.2, 0) is 0 Å². The summed E-state index contributed by atoms with van der Waals surface area (Å²) in [6.45, 7) is 3.64. The van der Waals surface area contributed by atoms with Crippen LogP contribution in [0.1, 0.15) is 11.4 Å². The van der Waals surface area contributed by atoms with Crippen LogP contribution in [0.2, 0.25) is 0 Å². The van der Waals surface area contributed by atoms with Crippen molar-refractivity contribution in [3.63, 3.8) is 0 Å². The summed E-state index contributed by atoms with van der Waals surface area (Å²) in [5, 5.41) is 0.877. The Morgan fingerprint density at radius 2 is 1.95 bits per heavy atom. The standard InChI is InChI=1S/C15H11BrN2O3/c1-8-5-15(19)21-12-6-10(3-4-11(8)12)20-14-7-13(16)17-9(2)18-14/h3-7H,1-2H3. The van der Waals surface area contributed by atoms with E-state index in [1.807, 2.05) is 13.0 Å². The Hall–Kier alpha value is -2.21. The van der Waals surface area contributed by atoms with Gasteiger partial charge in [-0.2, -0.15) is 4.98 Å². The van der Waals surface area contributed by atoms with Crippen molar-refractivity contribution in [3.8, 4) is 11.6 Å². The zero-order valence-electron chi connectivity index (χ0n) is 11.4. The van der Waals surface area contributed by atoms with E-state index >= 15 is 0 Å². The molecule has 0 aliphatic heterocycles. The Bertz CT molecular complexity index is 869. The van der Waals surface area contributed by atoms with Crippen molar-refractivity contribution >= 4 is 26.9 Å². The fourth-order valence-corrected chi connectivity index (χ4v) is 2.50. The summed E-state index contributed by atoms with van der Waals surface area (Å²) >= 11 is 3.29. The number of ether oxygens (including phenoxy) is 1. The van der Waals surface area contributed by atoms with Gasteiger partial charge in [-0.25, -0.2) is 9.78 Å². The molecular formula is C15H11BrN2O3. The number of halogens is 1. The molecule has 1 aromatic carbocycles. The number of benzene rings is 1. The summed E-state index contributed by atoms with van der Waals surface area (Å²) in [6.07, 6.45) is 0. The molecule has 0 amide bonds. The van der Waals surface area contributed by atoms with Crippen molar-refractivity contribution in [2.45, 2.75) is 13.8 Å². The maximum Gasteiger partial charge on any atom is 0.336 e. The Morgan fingerprint density at radius 1 is 1.14 bits per heavy atom. The topological polar surface area (TPSA) is 65.2 Å². The molecule has 0 saturated heterocycles. The summed E-state index contributed by atoms with van der Waals surface area (Å²) in [6, 6.07) is 8.47. The van der Waals surface area contributed by atoms with Crippen molar-refractivity contribution in [3.05, 3.63) is 56.7 Å². The van der Waals surface area contributed by atoms with E-state index in [1.54, 1.807) is 25.1 Å². The maximum atomic E-state index is 11.4. The Balaban J connectivity index is 2.03. The van der Waals surface area contributed by atoms with Gasteiger partial charge < -0.3 is 9.15 Å². The van der Waals surface area contributed by atoms with Crippen LogP contribution in [0.15, 0.2) is 44.1 Å². The van der Waals surface area contributed by atoms with Crippen LogP contribution in [-0.4, -0.2) is 9.97 Å². The second-order valence-electron chi connectivity index (χ2n) is 4.58. The third-order valence-corrected chi connectivity index (χ3v) is 3.33. The molecule has 0 bridgehead atoms. The van der Waals surface area contributed by atoms with Gasteiger partial charge in [-0.1, -0.05) is 0 Å². The number of hydrogen-bond acceptors (Lipinski definition) is 5. The van der Waals surface area contributed by atoms with Crippen molar-refractivity contribution in [1.82, 2.24) is 9.97 Å². The molecule has 5 nitrogen and oxygen atoms in total. The van der Waals surface area contributed by atoms with Crippen LogP contribution < -0.4 is 10.4 Å². The first-order valence-corrected chi connectivity index (χ1v) is 7.04. The molecule has 0 saturated carbocycles. The minimum atomic E-state index is -0.377. The van der Waals surface area contributed by atoms with Crippen LogP contribution in [0.5, 0.6) is 11.6 Å². The monoisotopic (exact) mass is 346 g/mol. The fraction of sp³-hybridized carbons (Fsp3) is 0.133. The molecule has 2 heterocycles. The van der Waals surface area contributed by atoms with Crippen LogP contribution in [0.3, 0.4) is 0 Å². The smallest absolute Gasteiger partial charge is 0.336 e. The minimum Gasteiger partial charge on any atom is -0.439 e. The highest BCUT2D eigenvalue weighted by Crippen LogP contribution is 2.26. The summed E-state index contributed by atoms with van der Waals surface area (Å²) in [4.78, 5) is 19.7. The first-order valence-electron chi connectivity index (χ1n) is 6.25. The molecule has 6 heteroatoms. The third kappa shape index (κ3) is 2.95. The van der Waals surface area contributed by atoms with Gasteiger partial charge in [0, 0.05) is 23.6 Å². The lowest BCUT2D eigenvalue weighted by Gasteiger charge is -2.07. The Kier molecular flexibility index (Phi) is 3.47. The summed E-state index contributed by atoms with van der Waals surface area (Å²) < 4.78 is 11.5. The first-order chi connectivity index (χ1) is 10.0. The average Bonchev–Trinajstić information content (AvgIpc) is 2.36. The van der Waals surface area contributed by atoms with E-state index in [1.165, 1.54) is 6.07 Å². The molecule has 0 fully saturated rings. The molecule has 0 unspecified atom stereocenters. The average molecular weight is 347 g/mol. The molecule has 0 radical (unpaired) electrons. The van der Waals surface area contributed by atoms with E-state index < -0.39 is 0 Å². The number of fused-ring (bicyclic) bond motifs is 1. The van der Waals surface area contributed by atoms with Crippen molar-refractivity contribution in [2.24, 2.45) is 0 Å². The molecule has 3 aromatic rings. The number of aryl methyl sites for hydroxylation is 2. The van der Waals surface area contributed by atoms with E-state index in [-0.39, 0.29) is 5.63 Å². The normalized spacial score (nSPS) is 10.8. The molecular weight excluding hydrogens is 336 g/mol. The lowest BCUT2D eigenvalue weighted by atomic mass is 10.1. The molecule has 21 heavy (non-hydrogen) atoms.